The van der Waals surface area contributed by atoms with Crippen LogP contribution < -0.4 is 0 Å². The summed E-state index contributed by atoms with van der Waals surface area (Å²) < 4.78 is 0. The number of fused-ring (bicyclic) bond motifs is 5. The first-order valence-electron chi connectivity index (χ1n) is 9.00. The summed E-state index contributed by atoms with van der Waals surface area (Å²) in [5, 5.41) is 0. The molecule has 0 aromatic carbocycles. The van der Waals surface area contributed by atoms with E-state index < -0.39 is 0 Å². The van der Waals surface area contributed by atoms with Crippen LogP contribution in [-0.4, -0.2) is 11.6 Å². The first-order chi connectivity index (χ1) is 9.95. The van der Waals surface area contributed by atoms with Gasteiger partial charge >= 0.3 is 0 Å². The SMILES string of the molecule is C[C@@]12CC(=O)CC[C@@H]1CC[C@H]1[C@H]2CC[C@]2(C)C(=O)CC[C@H]12. The summed E-state index contributed by atoms with van der Waals surface area (Å²) in [6, 6.07) is 0. The van der Waals surface area contributed by atoms with Crippen molar-refractivity contribution in [2.75, 3.05) is 0 Å². The molecule has 0 saturated heterocycles. The molecule has 4 saturated carbocycles. The molecule has 0 N–H and O–H groups in total. The minimum absolute atomic E-state index is 0.0248. The molecule has 0 radical (unpaired) electrons. The largest absolute Gasteiger partial charge is 0.300 e. The second-order valence-corrected chi connectivity index (χ2v) is 8.83. The Bertz CT molecular complexity index is 496. The van der Waals surface area contributed by atoms with Crippen molar-refractivity contribution in [3.8, 4) is 0 Å². The van der Waals surface area contributed by atoms with Gasteiger partial charge in [0.15, 0.2) is 0 Å². The summed E-state index contributed by atoms with van der Waals surface area (Å²) in [5.74, 6) is 3.80. The molecule has 116 valence electrons. The van der Waals surface area contributed by atoms with Gasteiger partial charge < -0.3 is 0 Å². The third kappa shape index (κ3) is 1.77. The molecule has 2 nitrogen and oxygen atoms in total. The van der Waals surface area contributed by atoms with Gasteiger partial charge in [0, 0.05) is 24.7 Å². The van der Waals surface area contributed by atoms with Crippen LogP contribution in [0.3, 0.4) is 0 Å². The molecule has 0 heterocycles. The average molecular weight is 288 g/mol. The summed E-state index contributed by atoms with van der Waals surface area (Å²) in [4.78, 5) is 24.5. The lowest BCUT2D eigenvalue weighted by atomic mass is 9.45. The van der Waals surface area contributed by atoms with Gasteiger partial charge in [0.1, 0.15) is 11.6 Å². The number of Topliss-reactive ketones (excluding diaryl/α,β-unsaturated/α-hetero) is 2. The maximum atomic E-state index is 12.4. The van der Waals surface area contributed by atoms with Crippen LogP contribution in [0, 0.1) is 34.5 Å². The lowest BCUT2D eigenvalue weighted by Gasteiger charge is -2.59. The summed E-state index contributed by atoms with van der Waals surface area (Å²) in [6.45, 7) is 4.65. The number of rotatable bonds is 0. The molecule has 4 fully saturated rings. The van der Waals surface area contributed by atoms with Crippen LogP contribution in [-0.2, 0) is 9.59 Å². The molecule has 2 heteroatoms. The second kappa shape index (κ2) is 4.43. The third-order valence-electron chi connectivity index (χ3n) is 8.12. The molecule has 0 amide bonds. The van der Waals surface area contributed by atoms with Crippen molar-refractivity contribution in [2.45, 2.75) is 71.6 Å². The quantitative estimate of drug-likeness (QED) is 0.670. The Balaban J connectivity index is 1.67. The van der Waals surface area contributed by atoms with Gasteiger partial charge in [-0.05, 0) is 67.6 Å². The Kier molecular flexibility index (Phi) is 2.94. The fourth-order valence-corrected chi connectivity index (χ4v) is 6.90. The van der Waals surface area contributed by atoms with E-state index in [9.17, 15) is 9.59 Å². The molecule has 0 aliphatic heterocycles. The topological polar surface area (TPSA) is 34.1 Å². The van der Waals surface area contributed by atoms with E-state index in [1.165, 1.54) is 19.3 Å². The lowest BCUT2D eigenvalue weighted by Crippen LogP contribution is -2.53. The highest BCUT2D eigenvalue weighted by Gasteiger charge is 2.60. The Morgan fingerprint density at radius 3 is 2.52 bits per heavy atom. The molecule has 0 unspecified atom stereocenters. The van der Waals surface area contributed by atoms with E-state index in [-0.39, 0.29) is 10.8 Å². The van der Waals surface area contributed by atoms with Crippen molar-refractivity contribution in [3.05, 3.63) is 0 Å². The highest BCUT2D eigenvalue weighted by atomic mass is 16.1. The van der Waals surface area contributed by atoms with Gasteiger partial charge in [0.05, 0.1) is 0 Å². The first kappa shape index (κ1) is 14.0. The zero-order chi connectivity index (χ0) is 14.8. The summed E-state index contributed by atoms with van der Waals surface area (Å²) in [6.07, 6.45) is 9.55. The van der Waals surface area contributed by atoms with E-state index in [2.05, 4.69) is 13.8 Å². The third-order valence-corrected chi connectivity index (χ3v) is 8.12. The predicted molar refractivity (Wildman–Crippen MR) is 81.7 cm³/mol. The molecule has 4 aliphatic carbocycles. The maximum absolute atomic E-state index is 12.4. The second-order valence-electron chi connectivity index (χ2n) is 8.83. The minimum Gasteiger partial charge on any atom is -0.300 e. The number of hydrogen-bond donors (Lipinski definition) is 0. The van der Waals surface area contributed by atoms with Crippen molar-refractivity contribution in [1.29, 1.82) is 0 Å². The van der Waals surface area contributed by atoms with Gasteiger partial charge in [-0.15, -0.1) is 0 Å². The molecule has 0 bridgehead atoms. The van der Waals surface area contributed by atoms with Gasteiger partial charge in [-0.3, -0.25) is 9.59 Å². The smallest absolute Gasteiger partial charge is 0.139 e. The first-order valence-corrected chi connectivity index (χ1v) is 9.00. The van der Waals surface area contributed by atoms with E-state index in [4.69, 9.17) is 0 Å². The molecule has 0 aromatic rings. The molecular weight excluding hydrogens is 260 g/mol. The Morgan fingerprint density at radius 1 is 0.905 bits per heavy atom. The van der Waals surface area contributed by atoms with E-state index >= 15 is 0 Å². The van der Waals surface area contributed by atoms with E-state index in [1.54, 1.807) is 0 Å². The van der Waals surface area contributed by atoms with Crippen LogP contribution in [0.2, 0.25) is 0 Å². The van der Waals surface area contributed by atoms with Crippen LogP contribution in [0.5, 0.6) is 0 Å². The van der Waals surface area contributed by atoms with Gasteiger partial charge in [-0.1, -0.05) is 13.8 Å². The normalized spacial score (nSPS) is 53.0. The van der Waals surface area contributed by atoms with Crippen LogP contribution in [0.15, 0.2) is 0 Å². The van der Waals surface area contributed by atoms with Gasteiger partial charge in [0.25, 0.3) is 0 Å². The Labute approximate surface area is 128 Å². The molecule has 21 heavy (non-hydrogen) atoms. The fourth-order valence-electron chi connectivity index (χ4n) is 6.90. The summed E-state index contributed by atoms with van der Waals surface area (Å²) >= 11 is 0. The summed E-state index contributed by atoms with van der Waals surface area (Å²) in [7, 11) is 0. The highest BCUT2D eigenvalue weighted by molar-refractivity contribution is 5.87. The van der Waals surface area contributed by atoms with Gasteiger partial charge in [-0.2, -0.15) is 0 Å². The predicted octanol–water partition coefficient (Wildman–Crippen LogP) is 4.17. The van der Waals surface area contributed by atoms with E-state index in [0.717, 1.165) is 44.4 Å². The van der Waals surface area contributed by atoms with Crippen molar-refractivity contribution < 1.29 is 9.59 Å². The van der Waals surface area contributed by atoms with E-state index in [1.807, 2.05) is 0 Å². The standard InChI is InChI=1S/C19H28O2/c1-18-10-9-16-14(15(18)7-8-17(18)21)6-4-12-3-5-13(20)11-19(12,16)2/h12,14-16H,3-11H2,1-2H3/t12-,14-,15-,16-,18+,19-/m1/s1. The van der Waals surface area contributed by atoms with Crippen molar-refractivity contribution >= 4 is 11.6 Å². The Hall–Kier alpha value is -0.660. The number of carbonyl (C=O) groups excluding carboxylic acids is 2. The molecule has 6 atom stereocenters. The van der Waals surface area contributed by atoms with Crippen molar-refractivity contribution in [2.24, 2.45) is 34.5 Å². The lowest BCUT2D eigenvalue weighted by molar-refractivity contribution is -0.146. The number of hydrogen-bond acceptors (Lipinski definition) is 2. The highest BCUT2D eigenvalue weighted by Crippen LogP contribution is 2.65. The number of ketones is 2. The molecular formula is C19H28O2. The molecule has 4 aliphatic rings. The van der Waals surface area contributed by atoms with Crippen molar-refractivity contribution in [1.82, 2.24) is 0 Å². The zero-order valence-corrected chi connectivity index (χ0v) is 13.5. The molecule has 0 spiro atoms. The van der Waals surface area contributed by atoms with Crippen molar-refractivity contribution in [3.63, 3.8) is 0 Å². The van der Waals surface area contributed by atoms with Gasteiger partial charge in [-0.25, -0.2) is 0 Å². The van der Waals surface area contributed by atoms with Crippen LogP contribution >= 0.6 is 0 Å². The Morgan fingerprint density at radius 2 is 1.71 bits per heavy atom. The molecule has 4 rings (SSSR count). The van der Waals surface area contributed by atoms with Crippen LogP contribution in [0.4, 0.5) is 0 Å². The van der Waals surface area contributed by atoms with Crippen LogP contribution in [0.1, 0.15) is 71.6 Å². The van der Waals surface area contributed by atoms with Gasteiger partial charge in [0.2, 0.25) is 0 Å². The number of carbonyl (C=O) groups is 2. The van der Waals surface area contributed by atoms with Crippen LogP contribution in [0.25, 0.3) is 0 Å². The maximum Gasteiger partial charge on any atom is 0.139 e. The minimum atomic E-state index is -0.0248. The average Bonchev–Trinajstić information content (AvgIpc) is 2.74. The monoisotopic (exact) mass is 288 g/mol. The molecule has 0 aromatic heterocycles. The fraction of sp³-hybridized carbons (Fsp3) is 0.895. The summed E-state index contributed by atoms with van der Waals surface area (Å²) in [5.41, 5.74) is 0.217. The van der Waals surface area contributed by atoms with E-state index in [0.29, 0.717) is 29.3 Å². The zero-order valence-electron chi connectivity index (χ0n) is 13.5.